The topological polar surface area (TPSA) is 0 Å². The van der Waals surface area contributed by atoms with Gasteiger partial charge >= 0.3 is 0 Å². The van der Waals surface area contributed by atoms with Gasteiger partial charge in [-0.05, 0) is 31.5 Å². The lowest BCUT2D eigenvalue weighted by molar-refractivity contribution is 1.16. The summed E-state index contributed by atoms with van der Waals surface area (Å²) in [4.78, 5) is 1.09. The van der Waals surface area contributed by atoms with Crippen LogP contribution in [0.25, 0.3) is 0 Å². The maximum atomic E-state index is 6.44. The molecule has 0 saturated heterocycles. The quantitative estimate of drug-likeness (QED) is 0.646. The molecule has 0 radical (unpaired) electrons. The van der Waals surface area contributed by atoms with Crippen LogP contribution in [0.2, 0.25) is 4.34 Å². The van der Waals surface area contributed by atoms with Crippen LogP contribution in [0.15, 0.2) is 30.3 Å². The van der Waals surface area contributed by atoms with Gasteiger partial charge in [-0.25, -0.2) is 0 Å². The summed E-state index contributed by atoms with van der Waals surface area (Å²) in [7, 11) is 0. The molecule has 84 valence electrons. The largest absolute Gasteiger partial charge is 0.127 e. The van der Waals surface area contributed by atoms with Gasteiger partial charge in [-0.2, -0.15) is 0 Å². The van der Waals surface area contributed by atoms with Gasteiger partial charge in [0.05, 0.1) is 9.71 Å². The summed E-state index contributed by atoms with van der Waals surface area (Å²) in [5.41, 5.74) is 3.62. The molecule has 2 aromatic rings. The van der Waals surface area contributed by atoms with Gasteiger partial charge in [-0.1, -0.05) is 40.9 Å². The van der Waals surface area contributed by atoms with E-state index in [9.17, 15) is 0 Å². The lowest BCUT2D eigenvalue weighted by Gasteiger charge is -2.09. The molecule has 3 heteroatoms. The van der Waals surface area contributed by atoms with Crippen LogP contribution in [-0.2, 0) is 0 Å². The van der Waals surface area contributed by atoms with Crippen molar-refractivity contribution in [1.82, 2.24) is 0 Å². The third kappa shape index (κ3) is 2.60. The molecular formula is C13H12Cl2S. The van der Waals surface area contributed by atoms with Gasteiger partial charge in [0.15, 0.2) is 0 Å². The van der Waals surface area contributed by atoms with Crippen molar-refractivity contribution in [2.24, 2.45) is 0 Å². The molecule has 0 fully saturated rings. The van der Waals surface area contributed by atoms with E-state index in [1.807, 2.05) is 12.1 Å². The molecule has 1 atom stereocenters. The maximum Gasteiger partial charge on any atom is 0.0931 e. The van der Waals surface area contributed by atoms with Crippen LogP contribution in [0.4, 0.5) is 0 Å². The van der Waals surface area contributed by atoms with E-state index in [1.54, 1.807) is 0 Å². The van der Waals surface area contributed by atoms with Crippen molar-refractivity contribution >= 4 is 34.5 Å². The fraction of sp³-hybridized carbons (Fsp3) is 0.231. The number of alkyl halides is 1. The standard InChI is InChI=1S/C13H12Cl2S/c1-8-5-9(2)7-10(6-8)13(15)11-3-4-12(14)16-11/h3-7,13H,1-2H3. The highest BCUT2D eigenvalue weighted by Gasteiger charge is 2.13. The second-order valence-electron chi connectivity index (χ2n) is 3.93. The molecule has 0 amide bonds. The Bertz CT molecular complexity index is 482. The van der Waals surface area contributed by atoms with Crippen LogP contribution in [0.5, 0.6) is 0 Å². The maximum absolute atomic E-state index is 6.44. The molecule has 0 aliphatic carbocycles. The monoisotopic (exact) mass is 270 g/mol. The van der Waals surface area contributed by atoms with Crippen molar-refractivity contribution in [2.75, 3.05) is 0 Å². The molecule has 1 aromatic heterocycles. The zero-order valence-electron chi connectivity index (χ0n) is 9.13. The van der Waals surface area contributed by atoms with E-state index in [-0.39, 0.29) is 5.38 Å². The Labute approximate surface area is 110 Å². The van der Waals surface area contributed by atoms with E-state index in [1.165, 1.54) is 22.5 Å². The average Bonchev–Trinajstić information content (AvgIpc) is 2.62. The van der Waals surface area contributed by atoms with Gasteiger partial charge in [-0.15, -0.1) is 22.9 Å². The van der Waals surface area contributed by atoms with Gasteiger partial charge in [0.2, 0.25) is 0 Å². The minimum atomic E-state index is -0.101. The summed E-state index contributed by atoms with van der Waals surface area (Å²) in [6, 6.07) is 10.3. The van der Waals surface area contributed by atoms with Crippen molar-refractivity contribution in [2.45, 2.75) is 19.2 Å². The SMILES string of the molecule is Cc1cc(C)cc(C(Cl)c2ccc(Cl)s2)c1. The number of hydrogen-bond donors (Lipinski definition) is 0. The molecule has 1 aromatic carbocycles. The van der Waals surface area contributed by atoms with Crippen LogP contribution < -0.4 is 0 Å². The van der Waals surface area contributed by atoms with Gasteiger partial charge < -0.3 is 0 Å². The van der Waals surface area contributed by atoms with Crippen molar-refractivity contribution in [3.05, 3.63) is 56.2 Å². The number of halogens is 2. The van der Waals surface area contributed by atoms with Crippen molar-refractivity contribution in [1.29, 1.82) is 0 Å². The zero-order chi connectivity index (χ0) is 11.7. The smallest absolute Gasteiger partial charge is 0.0931 e. The number of hydrogen-bond acceptors (Lipinski definition) is 1. The average molecular weight is 271 g/mol. The van der Waals surface area contributed by atoms with Crippen molar-refractivity contribution in [3.8, 4) is 0 Å². The number of rotatable bonds is 2. The fourth-order valence-corrected chi connectivity index (χ4v) is 3.18. The Hall–Kier alpha value is -0.500. The third-order valence-electron chi connectivity index (χ3n) is 2.38. The number of benzene rings is 1. The predicted molar refractivity (Wildman–Crippen MR) is 72.9 cm³/mol. The van der Waals surface area contributed by atoms with Gasteiger partial charge in [0.25, 0.3) is 0 Å². The Morgan fingerprint density at radius 1 is 1.06 bits per heavy atom. The summed E-state index contributed by atoms with van der Waals surface area (Å²) in [6.07, 6.45) is 0. The summed E-state index contributed by atoms with van der Waals surface area (Å²) in [5.74, 6) is 0. The van der Waals surface area contributed by atoms with Crippen LogP contribution in [0.1, 0.15) is 26.9 Å². The van der Waals surface area contributed by atoms with Crippen LogP contribution in [0.3, 0.4) is 0 Å². The molecule has 0 spiro atoms. The number of aryl methyl sites for hydroxylation is 2. The molecule has 0 saturated carbocycles. The summed E-state index contributed by atoms with van der Waals surface area (Å²) in [6.45, 7) is 4.17. The molecule has 0 nitrogen and oxygen atoms in total. The van der Waals surface area contributed by atoms with Crippen LogP contribution in [0, 0.1) is 13.8 Å². The van der Waals surface area contributed by atoms with Crippen molar-refractivity contribution < 1.29 is 0 Å². The fourth-order valence-electron chi connectivity index (χ4n) is 1.78. The molecule has 0 bridgehead atoms. The normalized spacial score (nSPS) is 12.8. The Morgan fingerprint density at radius 2 is 1.69 bits per heavy atom. The third-order valence-corrected chi connectivity index (χ3v) is 4.29. The Kier molecular flexibility index (Phi) is 3.58. The molecule has 16 heavy (non-hydrogen) atoms. The first-order chi connectivity index (χ1) is 7.56. The minimum absolute atomic E-state index is 0.101. The summed E-state index contributed by atoms with van der Waals surface area (Å²) < 4.78 is 0.782. The van der Waals surface area contributed by atoms with Gasteiger partial charge in [0, 0.05) is 4.88 Å². The van der Waals surface area contributed by atoms with Crippen molar-refractivity contribution in [3.63, 3.8) is 0 Å². The molecule has 2 rings (SSSR count). The highest BCUT2D eigenvalue weighted by molar-refractivity contribution is 7.16. The zero-order valence-corrected chi connectivity index (χ0v) is 11.5. The minimum Gasteiger partial charge on any atom is -0.127 e. The van der Waals surface area contributed by atoms with Crippen LogP contribution in [-0.4, -0.2) is 0 Å². The molecular weight excluding hydrogens is 259 g/mol. The first kappa shape index (κ1) is 12.0. The highest BCUT2D eigenvalue weighted by atomic mass is 35.5. The van der Waals surface area contributed by atoms with E-state index >= 15 is 0 Å². The lowest BCUT2D eigenvalue weighted by Crippen LogP contribution is -1.92. The Balaban J connectivity index is 2.37. The van der Waals surface area contributed by atoms with E-state index < -0.39 is 0 Å². The summed E-state index contributed by atoms with van der Waals surface area (Å²) >= 11 is 13.9. The van der Waals surface area contributed by atoms with Gasteiger partial charge in [0.1, 0.15) is 0 Å². The van der Waals surface area contributed by atoms with E-state index in [4.69, 9.17) is 23.2 Å². The molecule has 0 N–H and O–H groups in total. The molecule has 0 aliphatic heterocycles. The first-order valence-corrected chi connectivity index (χ1v) is 6.67. The van der Waals surface area contributed by atoms with E-state index in [0.29, 0.717) is 0 Å². The number of thiophene rings is 1. The molecule has 1 heterocycles. The predicted octanol–water partition coefficient (Wildman–Crippen LogP) is 5.35. The Morgan fingerprint density at radius 3 is 2.19 bits per heavy atom. The highest BCUT2D eigenvalue weighted by Crippen LogP contribution is 2.35. The second-order valence-corrected chi connectivity index (χ2v) is 6.11. The van der Waals surface area contributed by atoms with Crippen LogP contribution >= 0.6 is 34.5 Å². The lowest BCUT2D eigenvalue weighted by atomic mass is 10.0. The first-order valence-electron chi connectivity index (χ1n) is 5.04. The molecule has 1 unspecified atom stereocenters. The summed E-state index contributed by atoms with van der Waals surface area (Å²) in [5, 5.41) is -0.101. The second kappa shape index (κ2) is 4.79. The van der Waals surface area contributed by atoms with Gasteiger partial charge in [-0.3, -0.25) is 0 Å². The van der Waals surface area contributed by atoms with E-state index in [0.717, 1.165) is 14.8 Å². The molecule has 0 aliphatic rings. The van der Waals surface area contributed by atoms with E-state index in [2.05, 4.69) is 32.0 Å².